The van der Waals surface area contributed by atoms with Gasteiger partial charge in [-0.15, -0.1) is 11.3 Å². The van der Waals surface area contributed by atoms with E-state index in [9.17, 15) is 4.79 Å². The average Bonchev–Trinajstić information content (AvgIpc) is 2.94. The number of hydrogen-bond donors (Lipinski definition) is 1. The van der Waals surface area contributed by atoms with E-state index < -0.39 is 0 Å². The van der Waals surface area contributed by atoms with Crippen molar-refractivity contribution < 1.29 is 4.79 Å². The molecule has 0 aliphatic rings. The van der Waals surface area contributed by atoms with E-state index in [2.05, 4.69) is 24.1 Å². The van der Waals surface area contributed by atoms with Crippen molar-refractivity contribution in [1.29, 1.82) is 0 Å². The number of hydrogen-bond acceptors (Lipinski definition) is 3. The van der Waals surface area contributed by atoms with Crippen LogP contribution in [0.1, 0.15) is 35.4 Å². The third kappa shape index (κ3) is 3.16. The molecule has 1 atom stereocenters. The Morgan fingerprint density at radius 3 is 2.68 bits per heavy atom. The molecule has 2 aromatic heterocycles. The van der Waals surface area contributed by atoms with Crippen molar-refractivity contribution in [3.63, 3.8) is 0 Å². The van der Waals surface area contributed by atoms with Gasteiger partial charge in [-0.05, 0) is 18.1 Å². The molecule has 0 saturated carbocycles. The smallest absolute Gasteiger partial charge is 0.261 e. The molecule has 19 heavy (non-hydrogen) atoms. The summed E-state index contributed by atoms with van der Waals surface area (Å²) in [5, 5.41) is 3.02. The Morgan fingerprint density at radius 1 is 1.47 bits per heavy atom. The fourth-order valence-electron chi connectivity index (χ4n) is 1.85. The predicted molar refractivity (Wildman–Crippen MR) is 77.6 cm³/mol. The van der Waals surface area contributed by atoms with E-state index in [4.69, 9.17) is 11.6 Å². The second kappa shape index (κ2) is 5.75. The SMILES string of the molecule is CC(C)[C@@H](NC(=O)c1ccc(Cl)s1)c1nccn1C. The van der Waals surface area contributed by atoms with Crippen LogP contribution in [0.25, 0.3) is 0 Å². The molecule has 2 rings (SSSR count). The highest BCUT2D eigenvalue weighted by Gasteiger charge is 2.23. The first-order valence-electron chi connectivity index (χ1n) is 6.02. The lowest BCUT2D eigenvalue weighted by atomic mass is 10.0. The lowest BCUT2D eigenvalue weighted by Crippen LogP contribution is -2.33. The Morgan fingerprint density at radius 2 is 2.21 bits per heavy atom. The first-order chi connectivity index (χ1) is 8.99. The monoisotopic (exact) mass is 297 g/mol. The molecule has 4 nitrogen and oxygen atoms in total. The van der Waals surface area contributed by atoms with Gasteiger partial charge < -0.3 is 9.88 Å². The summed E-state index contributed by atoms with van der Waals surface area (Å²) in [7, 11) is 1.92. The molecule has 0 bridgehead atoms. The van der Waals surface area contributed by atoms with Crippen LogP contribution in [0.4, 0.5) is 0 Å². The summed E-state index contributed by atoms with van der Waals surface area (Å²) in [6.07, 6.45) is 3.61. The molecule has 0 aliphatic heterocycles. The van der Waals surface area contributed by atoms with E-state index in [1.807, 2.05) is 17.8 Å². The summed E-state index contributed by atoms with van der Waals surface area (Å²) in [5.74, 6) is 0.991. The van der Waals surface area contributed by atoms with E-state index in [-0.39, 0.29) is 17.9 Å². The summed E-state index contributed by atoms with van der Waals surface area (Å²) in [6, 6.07) is 3.35. The number of carbonyl (C=O) groups excluding carboxylic acids is 1. The molecule has 6 heteroatoms. The average molecular weight is 298 g/mol. The number of imidazole rings is 1. The molecular formula is C13H16ClN3OS. The highest BCUT2D eigenvalue weighted by atomic mass is 35.5. The predicted octanol–water partition coefficient (Wildman–Crippen LogP) is 3.26. The van der Waals surface area contributed by atoms with E-state index in [1.54, 1.807) is 18.3 Å². The molecule has 0 saturated heterocycles. The maximum atomic E-state index is 12.2. The molecule has 2 heterocycles. The van der Waals surface area contributed by atoms with Crippen LogP contribution in [-0.2, 0) is 7.05 Å². The third-order valence-corrected chi connectivity index (χ3v) is 4.12. The van der Waals surface area contributed by atoms with Crippen molar-refractivity contribution in [2.45, 2.75) is 19.9 Å². The molecule has 0 spiro atoms. The van der Waals surface area contributed by atoms with Crippen LogP contribution in [-0.4, -0.2) is 15.5 Å². The van der Waals surface area contributed by atoms with Gasteiger partial charge in [-0.3, -0.25) is 4.79 Å². The molecule has 102 valence electrons. The summed E-state index contributed by atoms with van der Waals surface area (Å²) in [4.78, 5) is 17.1. The van der Waals surface area contributed by atoms with Crippen molar-refractivity contribution in [2.24, 2.45) is 13.0 Å². The quantitative estimate of drug-likeness (QED) is 0.941. The van der Waals surface area contributed by atoms with E-state index in [1.165, 1.54) is 11.3 Å². The van der Waals surface area contributed by atoms with Crippen molar-refractivity contribution in [3.05, 3.63) is 39.6 Å². The second-order valence-corrected chi connectivity index (χ2v) is 6.41. The van der Waals surface area contributed by atoms with Crippen LogP contribution in [0.15, 0.2) is 24.5 Å². The number of rotatable bonds is 4. The van der Waals surface area contributed by atoms with Crippen LogP contribution in [0, 0.1) is 5.92 Å². The minimum atomic E-state index is -0.117. The van der Waals surface area contributed by atoms with Crippen LogP contribution in [0.3, 0.4) is 0 Å². The highest BCUT2D eigenvalue weighted by molar-refractivity contribution is 7.17. The zero-order valence-corrected chi connectivity index (χ0v) is 12.6. The fraction of sp³-hybridized carbons (Fsp3) is 0.385. The molecule has 0 fully saturated rings. The fourth-order valence-corrected chi connectivity index (χ4v) is 2.80. The number of aryl methyl sites for hydroxylation is 1. The van der Waals surface area contributed by atoms with Crippen LogP contribution >= 0.6 is 22.9 Å². The van der Waals surface area contributed by atoms with Crippen LogP contribution in [0.2, 0.25) is 4.34 Å². The van der Waals surface area contributed by atoms with Crippen molar-refractivity contribution in [2.75, 3.05) is 0 Å². The van der Waals surface area contributed by atoms with Crippen molar-refractivity contribution >= 4 is 28.8 Å². The Hall–Kier alpha value is -1.33. The summed E-state index contributed by atoms with van der Waals surface area (Å²) < 4.78 is 2.54. The number of carbonyl (C=O) groups is 1. The Labute approximate surface area is 121 Å². The lowest BCUT2D eigenvalue weighted by Gasteiger charge is -2.21. The van der Waals surface area contributed by atoms with Gasteiger partial charge >= 0.3 is 0 Å². The van der Waals surface area contributed by atoms with Crippen molar-refractivity contribution in [1.82, 2.24) is 14.9 Å². The second-order valence-electron chi connectivity index (χ2n) is 4.70. The first-order valence-corrected chi connectivity index (χ1v) is 7.22. The number of halogens is 1. The maximum absolute atomic E-state index is 12.2. The van der Waals surface area contributed by atoms with E-state index >= 15 is 0 Å². The van der Waals surface area contributed by atoms with Gasteiger partial charge in [0.15, 0.2) is 0 Å². The van der Waals surface area contributed by atoms with Gasteiger partial charge in [0, 0.05) is 19.4 Å². The van der Waals surface area contributed by atoms with E-state index in [0.717, 1.165) is 5.82 Å². The number of nitrogens with zero attached hydrogens (tertiary/aromatic N) is 2. The standard InChI is InChI=1S/C13H16ClN3OS/c1-8(2)11(12-15-6-7-17(12)3)16-13(18)9-4-5-10(14)19-9/h4-8,11H,1-3H3,(H,16,18)/t11-/m1/s1. The molecule has 1 N–H and O–H groups in total. The van der Waals surface area contributed by atoms with Crippen LogP contribution < -0.4 is 5.32 Å². The first kappa shape index (κ1) is 14.1. The third-order valence-electron chi connectivity index (χ3n) is 2.89. The van der Waals surface area contributed by atoms with Gasteiger partial charge in [-0.25, -0.2) is 4.98 Å². The number of thiophene rings is 1. The minimum absolute atomic E-state index is 0.112. The van der Waals surface area contributed by atoms with Crippen LogP contribution in [0.5, 0.6) is 0 Å². The maximum Gasteiger partial charge on any atom is 0.261 e. The molecule has 0 aliphatic carbocycles. The van der Waals surface area contributed by atoms with Gasteiger partial charge in [-0.1, -0.05) is 25.4 Å². The van der Waals surface area contributed by atoms with Gasteiger partial charge in [0.2, 0.25) is 0 Å². The molecule has 1 amide bonds. The molecule has 2 aromatic rings. The Bertz CT molecular complexity index is 576. The largest absolute Gasteiger partial charge is 0.341 e. The normalized spacial score (nSPS) is 12.7. The van der Waals surface area contributed by atoms with Crippen molar-refractivity contribution in [3.8, 4) is 0 Å². The number of aromatic nitrogens is 2. The molecular weight excluding hydrogens is 282 g/mol. The van der Waals surface area contributed by atoms with E-state index in [0.29, 0.717) is 9.21 Å². The molecule has 0 aromatic carbocycles. The number of nitrogens with one attached hydrogen (secondary N) is 1. The molecule has 0 unspecified atom stereocenters. The summed E-state index contributed by atoms with van der Waals surface area (Å²) in [5.41, 5.74) is 0. The topological polar surface area (TPSA) is 46.9 Å². The Balaban J connectivity index is 2.18. The lowest BCUT2D eigenvalue weighted by molar-refractivity contribution is 0.0926. The molecule has 0 radical (unpaired) electrons. The zero-order valence-electron chi connectivity index (χ0n) is 11.1. The summed E-state index contributed by atoms with van der Waals surface area (Å²) in [6.45, 7) is 4.11. The van der Waals surface area contributed by atoms with Gasteiger partial charge in [0.05, 0.1) is 15.3 Å². The zero-order chi connectivity index (χ0) is 14.0. The number of amides is 1. The minimum Gasteiger partial charge on any atom is -0.341 e. The highest BCUT2D eigenvalue weighted by Crippen LogP contribution is 2.24. The Kier molecular flexibility index (Phi) is 4.27. The van der Waals surface area contributed by atoms with Gasteiger partial charge in [0.25, 0.3) is 5.91 Å². The van der Waals surface area contributed by atoms with Gasteiger partial charge in [-0.2, -0.15) is 0 Å². The van der Waals surface area contributed by atoms with Gasteiger partial charge in [0.1, 0.15) is 5.82 Å². The summed E-state index contributed by atoms with van der Waals surface area (Å²) >= 11 is 7.13.